The lowest BCUT2D eigenvalue weighted by Gasteiger charge is -2.27. The summed E-state index contributed by atoms with van der Waals surface area (Å²) in [6, 6.07) is 0. The van der Waals surface area contributed by atoms with Crippen molar-refractivity contribution in [3.8, 4) is 0 Å². The highest BCUT2D eigenvalue weighted by Gasteiger charge is 2.28. The molecule has 1 aliphatic rings. The molecule has 0 aromatic carbocycles. The van der Waals surface area contributed by atoms with Gasteiger partial charge >= 0.3 is 0 Å². The van der Waals surface area contributed by atoms with Gasteiger partial charge < -0.3 is 30.0 Å². The van der Waals surface area contributed by atoms with E-state index in [1.54, 1.807) is 14.7 Å². The van der Waals surface area contributed by atoms with E-state index in [0.717, 1.165) is 0 Å². The van der Waals surface area contributed by atoms with Crippen LogP contribution in [0.3, 0.4) is 0 Å². The minimum Gasteiger partial charge on any atom is -0.386 e. The lowest BCUT2D eigenvalue weighted by Crippen LogP contribution is -2.37. The Bertz CT molecular complexity index is 515. The zero-order valence-corrected chi connectivity index (χ0v) is 17.8. The van der Waals surface area contributed by atoms with Crippen LogP contribution in [0.15, 0.2) is 0 Å². The third-order valence-electron chi connectivity index (χ3n) is 4.12. The average molecular weight is 453 g/mol. The van der Waals surface area contributed by atoms with Crippen molar-refractivity contribution in [2.24, 2.45) is 0 Å². The Labute approximate surface area is 158 Å². The highest BCUT2D eigenvalue weighted by molar-refractivity contribution is 7.58. The molecule has 6 N–H and O–H groups in total. The van der Waals surface area contributed by atoms with Crippen LogP contribution in [0.25, 0.3) is 0 Å². The molecule has 1 rings (SSSR count). The Morgan fingerprint density at radius 1 is 0.519 bits per heavy atom. The highest BCUT2D eigenvalue weighted by atomic mass is 31.2. The van der Waals surface area contributed by atoms with Gasteiger partial charge in [0.1, 0.15) is 19.0 Å². The van der Waals surface area contributed by atoms with Crippen molar-refractivity contribution >= 4 is 22.1 Å². The molecule has 1 aliphatic heterocycles. The van der Waals surface area contributed by atoms with Crippen LogP contribution >= 0.6 is 22.1 Å². The van der Waals surface area contributed by atoms with Gasteiger partial charge in [0.25, 0.3) is 0 Å². The van der Waals surface area contributed by atoms with Crippen LogP contribution in [-0.4, -0.2) is 122 Å². The van der Waals surface area contributed by atoms with E-state index in [4.69, 9.17) is 15.3 Å². The van der Waals surface area contributed by atoms with Gasteiger partial charge in [0.2, 0.25) is 22.1 Å². The summed E-state index contributed by atoms with van der Waals surface area (Å²) in [5, 5.41) is 27.1. The van der Waals surface area contributed by atoms with Crippen molar-refractivity contribution in [2.75, 3.05) is 77.2 Å². The van der Waals surface area contributed by atoms with E-state index >= 15 is 0 Å². The first-order chi connectivity index (χ1) is 12.4. The molecule has 15 heteroatoms. The smallest absolute Gasteiger partial charge is 0.238 e. The molecule has 162 valence electrons. The van der Waals surface area contributed by atoms with Crippen molar-refractivity contribution in [1.29, 1.82) is 0 Å². The number of hydrogen-bond acceptors (Lipinski definition) is 9. The Morgan fingerprint density at radius 3 is 0.852 bits per heavy atom. The summed E-state index contributed by atoms with van der Waals surface area (Å²) >= 11 is 0. The molecule has 0 radical (unpaired) electrons. The van der Waals surface area contributed by atoms with Crippen LogP contribution in [0.5, 0.6) is 0 Å². The predicted octanol–water partition coefficient (Wildman–Crippen LogP) is -1.56. The number of aliphatic hydroxyl groups is 3. The summed E-state index contributed by atoms with van der Waals surface area (Å²) in [4.78, 5) is 33.9. The lowest BCUT2D eigenvalue weighted by atomic mass is 10.5. The highest BCUT2D eigenvalue weighted by Crippen LogP contribution is 2.42. The normalized spacial score (nSPS) is 25.6. The predicted molar refractivity (Wildman–Crippen MR) is 100 cm³/mol. The summed E-state index contributed by atoms with van der Waals surface area (Å²) < 4.78 is 35.5. The third kappa shape index (κ3) is 10.1. The second-order valence-corrected chi connectivity index (χ2v) is 13.5. The molecule has 0 spiro atoms. The van der Waals surface area contributed by atoms with E-state index in [-0.39, 0.29) is 58.1 Å². The van der Waals surface area contributed by atoms with Crippen molar-refractivity contribution in [3.05, 3.63) is 0 Å². The SMILES string of the molecule is O=P(O)(CO)CN1CCN(CP(=O)(O)CO)CCN(CP(=O)(O)CO)CC1. The Hall–Kier alpha value is 0.330. The van der Waals surface area contributed by atoms with Gasteiger partial charge in [0, 0.05) is 39.3 Å². The molecule has 1 fully saturated rings. The first-order valence-electron chi connectivity index (χ1n) is 8.34. The fourth-order valence-corrected chi connectivity index (χ4v) is 5.67. The average Bonchev–Trinajstić information content (AvgIpc) is 2.67. The van der Waals surface area contributed by atoms with Gasteiger partial charge in [0.15, 0.2) is 0 Å². The van der Waals surface area contributed by atoms with Crippen LogP contribution in [0.1, 0.15) is 0 Å². The zero-order valence-electron chi connectivity index (χ0n) is 15.1. The molecule has 1 heterocycles. The first kappa shape index (κ1) is 25.4. The van der Waals surface area contributed by atoms with Crippen molar-refractivity contribution in [2.45, 2.75) is 0 Å². The number of hydrogen-bond donors (Lipinski definition) is 6. The fraction of sp³-hybridized carbons (Fsp3) is 1.00. The van der Waals surface area contributed by atoms with Gasteiger partial charge in [-0.15, -0.1) is 0 Å². The standard InChI is InChI=1S/C12H30N3O9P3/c16-10-25(19,20)7-13-1-2-14(8-26(21,22)11-17)5-6-15(4-3-13)9-27(23,24)12-18/h16-18H,1-12H2,(H,19,20)(H,21,22)(H,23,24). The molecule has 3 unspecified atom stereocenters. The molecule has 0 amide bonds. The van der Waals surface area contributed by atoms with E-state index in [1.807, 2.05) is 0 Å². The van der Waals surface area contributed by atoms with Crippen LogP contribution < -0.4 is 0 Å². The zero-order chi connectivity index (χ0) is 20.7. The summed E-state index contributed by atoms with van der Waals surface area (Å²) in [7, 11) is -11.3. The van der Waals surface area contributed by atoms with Crippen LogP contribution in [0.2, 0.25) is 0 Å². The minimum atomic E-state index is -3.77. The molecule has 0 aromatic heterocycles. The molecule has 0 aliphatic carbocycles. The first-order valence-corrected chi connectivity index (χ1v) is 14.4. The molecule has 12 nitrogen and oxygen atoms in total. The van der Waals surface area contributed by atoms with Crippen molar-refractivity contribution in [1.82, 2.24) is 14.7 Å². The van der Waals surface area contributed by atoms with E-state index in [9.17, 15) is 28.4 Å². The Morgan fingerprint density at radius 2 is 0.704 bits per heavy atom. The number of nitrogens with zero attached hydrogens (tertiary/aromatic N) is 3. The summed E-state index contributed by atoms with van der Waals surface area (Å²) in [6.45, 7) is 1.67. The van der Waals surface area contributed by atoms with E-state index in [1.165, 1.54) is 0 Å². The molecular formula is C12H30N3O9P3. The van der Waals surface area contributed by atoms with Crippen LogP contribution in [0, 0.1) is 0 Å². The topological polar surface area (TPSA) is 182 Å². The number of aliphatic hydroxyl groups excluding tert-OH is 3. The summed E-state index contributed by atoms with van der Waals surface area (Å²) in [5.74, 6) is 0. The molecule has 27 heavy (non-hydrogen) atoms. The largest absolute Gasteiger partial charge is 0.386 e. The molecular weight excluding hydrogens is 423 g/mol. The van der Waals surface area contributed by atoms with Crippen molar-refractivity contribution < 1.29 is 43.7 Å². The number of rotatable bonds is 9. The van der Waals surface area contributed by atoms with Gasteiger partial charge in [-0.3, -0.25) is 28.4 Å². The molecule has 0 saturated carbocycles. The minimum absolute atomic E-state index is 0.278. The van der Waals surface area contributed by atoms with Crippen LogP contribution in [0.4, 0.5) is 0 Å². The molecule has 0 aromatic rings. The van der Waals surface area contributed by atoms with Crippen molar-refractivity contribution in [3.63, 3.8) is 0 Å². The maximum absolute atomic E-state index is 11.8. The maximum Gasteiger partial charge on any atom is 0.238 e. The van der Waals surface area contributed by atoms with Gasteiger partial charge in [-0.2, -0.15) is 0 Å². The fourth-order valence-electron chi connectivity index (χ4n) is 2.68. The third-order valence-corrected chi connectivity index (χ3v) is 7.98. The second kappa shape index (κ2) is 10.9. The van der Waals surface area contributed by atoms with Crippen LogP contribution in [-0.2, 0) is 13.7 Å². The Kier molecular flexibility index (Phi) is 10.3. The maximum atomic E-state index is 11.8. The van der Waals surface area contributed by atoms with E-state index in [2.05, 4.69) is 0 Å². The van der Waals surface area contributed by atoms with Gasteiger partial charge in [0.05, 0.1) is 18.9 Å². The summed E-state index contributed by atoms with van der Waals surface area (Å²) in [6.07, 6.45) is -3.45. The van der Waals surface area contributed by atoms with E-state index in [0.29, 0.717) is 0 Å². The lowest BCUT2D eigenvalue weighted by molar-refractivity contribution is 0.239. The van der Waals surface area contributed by atoms with E-state index < -0.39 is 41.2 Å². The molecule has 0 bridgehead atoms. The summed E-state index contributed by atoms with van der Waals surface area (Å²) in [5.41, 5.74) is 0. The van der Waals surface area contributed by atoms with Gasteiger partial charge in [-0.25, -0.2) is 0 Å². The Balaban J connectivity index is 2.91. The molecule has 1 saturated heterocycles. The van der Waals surface area contributed by atoms with Gasteiger partial charge in [-0.05, 0) is 0 Å². The monoisotopic (exact) mass is 453 g/mol. The molecule has 3 atom stereocenters. The quantitative estimate of drug-likeness (QED) is 0.221. The van der Waals surface area contributed by atoms with Gasteiger partial charge in [-0.1, -0.05) is 0 Å². The second-order valence-electron chi connectivity index (χ2n) is 6.74.